The molecule has 0 bridgehead atoms. The molecule has 122 valence electrons. The summed E-state index contributed by atoms with van der Waals surface area (Å²) in [7, 11) is 0. The van der Waals surface area contributed by atoms with Crippen LogP contribution in [0.2, 0.25) is 0 Å². The first-order chi connectivity index (χ1) is 11.7. The average molecular weight is 340 g/mol. The van der Waals surface area contributed by atoms with E-state index in [2.05, 4.69) is 35.4 Å². The van der Waals surface area contributed by atoms with Crippen LogP contribution in [-0.2, 0) is 5.75 Å². The topological polar surface area (TPSA) is 62.1 Å². The number of rotatable bonds is 4. The highest BCUT2D eigenvalue weighted by atomic mass is 32.2. The molecule has 2 aromatic carbocycles. The first-order valence-corrected chi connectivity index (χ1v) is 8.57. The fourth-order valence-corrected chi connectivity index (χ4v) is 3.39. The third-order valence-corrected chi connectivity index (χ3v) is 5.04. The molecule has 2 heterocycles. The maximum Gasteiger partial charge on any atom is 0.231 e. The molecule has 3 aromatic rings. The van der Waals surface area contributed by atoms with Crippen LogP contribution in [0.3, 0.4) is 0 Å². The average Bonchev–Trinajstić information content (AvgIpc) is 3.23. The van der Waals surface area contributed by atoms with E-state index in [0.29, 0.717) is 0 Å². The van der Waals surface area contributed by atoms with Gasteiger partial charge in [0.25, 0.3) is 0 Å². The third-order valence-electron chi connectivity index (χ3n) is 4.05. The first kappa shape index (κ1) is 15.0. The molecule has 7 heteroatoms. The van der Waals surface area contributed by atoms with E-state index in [4.69, 9.17) is 9.47 Å². The van der Waals surface area contributed by atoms with Crippen LogP contribution in [0.5, 0.6) is 11.5 Å². The fourth-order valence-electron chi connectivity index (χ4n) is 2.56. The van der Waals surface area contributed by atoms with Gasteiger partial charge in [-0.2, -0.15) is 4.68 Å². The van der Waals surface area contributed by atoms with Crippen molar-refractivity contribution in [2.75, 3.05) is 6.79 Å². The van der Waals surface area contributed by atoms with Crippen molar-refractivity contribution in [1.82, 2.24) is 20.2 Å². The van der Waals surface area contributed by atoms with Crippen molar-refractivity contribution in [2.24, 2.45) is 0 Å². The maximum absolute atomic E-state index is 5.42. The highest BCUT2D eigenvalue weighted by Gasteiger charge is 2.15. The zero-order valence-electron chi connectivity index (χ0n) is 13.4. The summed E-state index contributed by atoms with van der Waals surface area (Å²) in [5.74, 6) is 2.34. The molecule has 0 radical (unpaired) electrons. The minimum Gasteiger partial charge on any atom is -0.454 e. The number of tetrazole rings is 1. The largest absolute Gasteiger partial charge is 0.454 e. The second kappa shape index (κ2) is 6.16. The molecule has 0 amide bonds. The van der Waals surface area contributed by atoms with E-state index in [1.807, 2.05) is 30.3 Å². The Morgan fingerprint density at radius 1 is 1.12 bits per heavy atom. The minimum absolute atomic E-state index is 0.289. The Morgan fingerprint density at radius 3 is 2.92 bits per heavy atom. The lowest BCUT2D eigenvalue weighted by molar-refractivity contribution is 0.174. The van der Waals surface area contributed by atoms with Crippen LogP contribution >= 0.6 is 11.8 Å². The molecule has 1 aromatic heterocycles. The van der Waals surface area contributed by atoms with Crippen molar-refractivity contribution in [3.05, 3.63) is 53.1 Å². The number of hydrogen-bond donors (Lipinski definition) is 0. The lowest BCUT2D eigenvalue weighted by Gasteiger charge is -2.09. The second-order valence-electron chi connectivity index (χ2n) is 5.57. The van der Waals surface area contributed by atoms with Gasteiger partial charge in [-0.3, -0.25) is 0 Å². The molecule has 0 aliphatic carbocycles. The van der Waals surface area contributed by atoms with Gasteiger partial charge in [0.1, 0.15) is 0 Å². The van der Waals surface area contributed by atoms with Gasteiger partial charge in [0.15, 0.2) is 11.5 Å². The predicted octanol–water partition coefficient (Wildman–Crippen LogP) is 3.30. The Kier molecular flexibility index (Phi) is 3.86. The molecule has 24 heavy (non-hydrogen) atoms. The Morgan fingerprint density at radius 2 is 2.00 bits per heavy atom. The number of benzene rings is 2. The van der Waals surface area contributed by atoms with Crippen LogP contribution in [-0.4, -0.2) is 27.0 Å². The van der Waals surface area contributed by atoms with Gasteiger partial charge in [0, 0.05) is 5.75 Å². The van der Waals surface area contributed by atoms with E-state index in [1.54, 1.807) is 16.4 Å². The van der Waals surface area contributed by atoms with Gasteiger partial charge in [-0.1, -0.05) is 30.0 Å². The van der Waals surface area contributed by atoms with E-state index in [0.717, 1.165) is 33.7 Å². The molecule has 0 N–H and O–H groups in total. The monoisotopic (exact) mass is 340 g/mol. The number of hydrogen-bond acceptors (Lipinski definition) is 6. The van der Waals surface area contributed by atoms with Gasteiger partial charge in [-0.05, 0) is 59.2 Å². The van der Waals surface area contributed by atoms with Crippen LogP contribution in [0.1, 0.15) is 16.7 Å². The molecule has 0 fully saturated rings. The summed E-state index contributed by atoms with van der Waals surface area (Å²) < 4.78 is 12.6. The van der Waals surface area contributed by atoms with Crippen molar-refractivity contribution in [3.8, 4) is 17.2 Å². The Labute approximate surface area is 143 Å². The minimum atomic E-state index is 0.289. The molecule has 4 rings (SSSR count). The number of thioether (sulfide) groups is 1. The summed E-state index contributed by atoms with van der Waals surface area (Å²) in [5, 5.41) is 12.9. The van der Waals surface area contributed by atoms with Crippen LogP contribution in [0, 0.1) is 13.8 Å². The van der Waals surface area contributed by atoms with Gasteiger partial charge < -0.3 is 9.47 Å². The quantitative estimate of drug-likeness (QED) is 0.679. The van der Waals surface area contributed by atoms with E-state index >= 15 is 0 Å². The van der Waals surface area contributed by atoms with Crippen molar-refractivity contribution in [2.45, 2.75) is 24.8 Å². The van der Waals surface area contributed by atoms with Crippen LogP contribution in [0.15, 0.2) is 41.6 Å². The molecule has 0 saturated heterocycles. The molecule has 0 spiro atoms. The highest BCUT2D eigenvalue weighted by molar-refractivity contribution is 7.98. The summed E-state index contributed by atoms with van der Waals surface area (Å²) >= 11 is 1.59. The van der Waals surface area contributed by atoms with Gasteiger partial charge >= 0.3 is 0 Å². The molecule has 6 nitrogen and oxygen atoms in total. The van der Waals surface area contributed by atoms with Gasteiger partial charge in [-0.15, -0.1) is 5.10 Å². The van der Waals surface area contributed by atoms with E-state index in [1.165, 1.54) is 11.1 Å². The lowest BCUT2D eigenvalue weighted by atomic mass is 10.1. The summed E-state index contributed by atoms with van der Waals surface area (Å²) in [6, 6.07) is 12.1. The van der Waals surface area contributed by atoms with E-state index in [9.17, 15) is 0 Å². The third kappa shape index (κ3) is 2.71. The normalized spacial score (nSPS) is 12.6. The molecule has 0 atom stereocenters. The maximum atomic E-state index is 5.42. The summed E-state index contributed by atoms with van der Waals surface area (Å²) in [6.45, 7) is 4.46. The van der Waals surface area contributed by atoms with Crippen LogP contribution < -0.4 is 9.47 Å². The molecule has 1 aliphatic rings. The number of nitrogens with zero attached hydrogens (tertiary/aromatic N) is 4. The summed E-state index contributed by atoms with van der Waals surface area (Å²) in [5.41, 5.74) is 4.54. The molecule has 1 aliphatic heterocycles. The molecule has 0 unspecified atom stereocenters. The molecule has 0 saturated carbocycles. The van der Waals surface area contributed by atoms with Gasteiger partial charge in [-0.25, -0.2) is 0 Å². The summed E-state index contributed by atoms with van der Waals surface area (Å²) in [4.78, 5) is 0. The zero-order valence-corrected chi connectivity index (χ0v) is 14.2. The first-order valence-electron chi connectivity index (χ1n) is 7.58. The smallest absolute Gasteiger partial charge is 0.231 e. The lowest BCUT2D eigenvalue weighted by Crippen LogP contribution is -2.02. The Hall–Kier alpha value is -2.54. The zero-order chi connectivity index (χ0) is 16.5. The standard InChI is InChI=1S/C17H16N4O2S/c1-11-4-3-5-14(12(11)2)21-17(18-19-20-21)24-9-13-6-7-15-16(8-13)23-10-22-15/h3-8H,9-10H2,1-2H3. The number of fused-ring (bicyclic) bond motifs is 1. The molecular formula is C17H16N4O2S. The fraction of sp³-hybridized carbons (Fsp3) is 0.235. The predicted molar refractivity (Wildman–Crippen MR) is 90.8 cm³/mol. The number of aromatic nitrogens is 4. The van der Waals surface area contributed by atoms with Gasteiger partial charge in [0.05, 0.1) is 5.69 Å². The SMILES string of the molecule is Cc1cccc(-n2nnnc2SCc2ccc3c(c2)OCO3)c1C. The Bertz CT molecular complexity index is 894. The van der Waals surface area contributed by atoms with Crippen LogP contribution in [0.25, 0.3) is 5.69 Å². The Balaban J connectivity index is 1.56. The van der Waals surface area contributed by atoms with E-state index in [-0.39, 0.29) is 6.79 Å². The molecular weight excluding hydrogens is 324 g/mol. The van der Waals surface area contributed by atoms with Crippen molar-refractivity contribution in [1.29, 1.82) is 0 Å². The van der Waals surface area contributed by atoms with Crippen molar-refractivity contribution < 1.29 is 9.47 Å². The number of aryl methyl sites for hydroxylation is 1. The van der Waals surface area contributed by atoms with Gasteiger partial charge in [0.2, 0.25) is 11.9 Å². The van der Waals surface area contributed by atoms with Crippen molar-refractivity contribution >= 4 is 11.8 Å². The van der Waals surface area contributed by atoms with E-state index < -0.39 is 0 Å². The van der Waals surface area contributed by atoms with Crippen molar-refractivity contribution in [3.63, 3.8) is 0 Å². The van der Waals surface area contributed by atoms with Crippen LogP contribution in [0.4, 0.5) is 0 Å². The number of ether oxygens (including phenoxy) is 2. The summed E-state index contributed by atoms with van der Waals surface area (Å²) in [6.07, 6.45) is 0. The highest BCUT2D eigenvalue weighted by Crippen LogP contribution is 2.34. The second-order valence-corrected chi connectivity index (χ2v) is 6.51.